The second kappa shape index (κ2) is 3.33. The molecular weight excluding hydrogens is 318 g/mol. The van der Waals surface area contributed by atoms with Crippen LogP contribution < -0.4 is 0 Å². The molecule has 0 N–H and O–H groups in total. The molecule has 1 heterocycles. The van der Waals surface area contributed by atoms with Crippen LogP contribution in [-0.2, 0) is 0 Å². The van der Waals surface area contributed by atoms with Crippen molar-refractivity contribution in [3.63, 3.8) is 0 Å². The van der Waals surface area contributed by atoms with Gasteiger partial charge in [0.1, 0.15) is 11.6 Å². The number of nitrogens with zero attached hydrogens (tertiary/aromatic N) is 3. The van der Waals surface area contributed by atoms with Gasteiger partial charge in [-0.25, -0.2) is 0 Å². The Morgan fingerprint density at radius 3 is 2.92 bits per heavy atom. The lowest BCUT2D eigenvalue weighted by Gasteiger charge is -1.96. The minimum Gasteiger partial charge on any atom is -0.192 e. The van der Waals surface area contributed by atoms with E-state index in [2.05, 4.69) is 47.5 Å². The van der Waals surface area contributed by atoms with Crippen LogP contribution in [0.5, 0.6) is 0 Å². The van der Waals surface area contributed by atoms with Gasteiger partial charge in [0.25, 0.3) is 0 Å². The van der Waals surface area contributed by atoms with Gasteiger partial charge < -0.3 is 0 Å². The first-order valence-electron chi connectivity index (χ1n) is 3.24. The number of fused-ring (bicyclic) bond motifs is 1. The van der Waals surface area contributed by atoms with Crippen molar-refractivity contribution >= 4 is 53.6 Å². The van der Waals surface area contributed by atoms with Crippen LogP contribution in [0.2, 0.25) is 0 Å². The van der Waals surface area contributed by atoms with Gasteiger partial charge in [0.15, 0.2) is 0 Å². The zero-order chi connectivity index (χ0) is 9.42. The number of halogens is 2. The number of hydrogen-bond donors (Lipinski definition) is 0. The topological polar surface area (TPSA) is 49.6 Å². The summed E-state index contributed by atoms with van der Waals surface area (Å²) in [5.41, 5.74) is 1.29. The van der Waals surface area contributed by atoms with Crippen LogP contribution >= 0.6 is 43.4 Å². The molecule has 0 bridgehead atoms. The van der Waals surface area contributed by atoms with E-state index in [1.54, 1.807) is 6.07 Å². The highest BCUT2D eigenvalue weighted by Crippen LogP contribution is 2.33. The maximum absolute atomic E-state index is 8.79. The number of hydrogen-bond acceptors (Lipinski definition) is 4. The Labute approximate surface area is 94.8 Å². The summed E-state index contributed by atoms with van der Waals surface area (Å²) in [4.78, 5) is 0. The number of aromatic nitrogens is 2. The van der Waals surface area contributed by atoms with E-state index < -0.39 is 0 Å². The van der Waals surface area contributed by atoms with E-state index >= 15 is 0 Å². The largest absolute Gasteiger partial charge is 0.192 e. The summed E-state index contributed by atoms with van der Waals surface area (Å²) >= 11 is 7.98. The maximum atomic E-state index is 8.79. The monoisotopic (exact) mass is 317 g/mol. The van der Waals surface area contributed by atoms with Crippen molar-refractivity contribution in [3.8, 4) is 6.07 Å². The van der Waals surface area contributed by atoms with Gasteiger partial charge in [-0.3, -0.25) is 0 Å². The van der Waals surface area contributed by atoms with Gasteiger partial charge >= 0.3 is 0 Å². The second-order valence-electron chi connectivity index (χ2n) is 2.28. The fourth-order valence-electron chi connectivity index (χ4n) is 0.956. The average Bonchev–Trinajstić information content (AvgIpc) is 2.60. The Hall–Kier alpha value is -0.510. The highest BCUT2D eigenvalue weighted by atomic mass is 79.9. The van der Waals surface area contributed by atoms with Gasteiger partial charge in [-0.1, -0.05) is 4.49 Å². The summed E-state index contributed by atoms with van der Waals surface area (Å²) < 4.78 is 6.34. The van der Waals surface area contributed by atoms with Crippen molar-refractivity contribution in [1.29, 1.82) is 5.26 Å². The first-order chi connectivity index (χ1) is 6.24. The molecule has 2 aromatic rings. The number of benzene rings is 1. The molecule has 0 radical (unpaired) electrons. The molecule has 0 aliphatic carbocycles. The van der Waals surface area contributed by atoms with E-state index in [1.807, 2.05) is 0 Å². The standard InChI is InChI=1S/C7HBr2N3S/c8-4-1-3(2-10)5(9)6-7(4)13-12-11-6/h1H. The lowest BCUT2D eigenvalue weighted by atomic mass is 10.2. The zero-order valence-electron chi connectivity index (χ0n) is 6.08. The first kappa shape index (κ1) is 9.06. The number of nitriles is 1. The van der Waals surface area contributed by atoms with Gasteiger partial charge in [-0.2, -0.15) is 5.26 Å². The lowest BCUT2D eigenvalue weighted by Crippen LogP contribution is -1.80. The summed E-state index contributed by atoms with van der Waals surface area (Å²) in [6.07, 6.45) is 0. The smallest absolute Gasteiger partial charge is 0.122 e. The molecule has 0 saturated carbocycles. The SMILES string of the molecule is N#Cc1cc(Br)c2snnc2c1Br. The highest BCUT2D eigenvalue weighted by molar-refractivity contribution is 9.11. The molecule has 0 spiro atoms. The number of rotatable bonds is 0. The molecule has 0 amide bonds. The lowest BCUT2D eigenvalue weighted by molar-refractivity contribution is 1.19. The molecule has 0 aliphatic rings. The van der Waals surface area contributed by atoms with Crippen LogP contribution in [0.3, 0.4) is 0 Å². The van der Waals surface area contributed by atoms with Crippen molar-refractivity contribution in [3.05, 3.63) is 20.6 Å². The van der Waals surface area contributed by atoms with Crippen LogP contribution in [0, 0.1) is 11.3 Å². The van der Waals surface area contributed by atoms with Gasteiger partial charge in [-0.05, 0) is 49.5 Å². The Bertz CT molecular complexity index is 514. The van der Waals surface area contributed by atoms with E-state index in [4.69, 9.17) is 5.26 Å². The summed E-state index contributed by atoms with van der Waals surface area (Å²) in [6, 6.07) is 3.83. The van der Waals surface area contributed by atoms with E-state index in [1.165, 1.54) is 11.5 Å². The fourth-order valence-corrected chi connectivity index (χ4v) is 2.78. The van der Waals surface area contributed by atoms with Crippen molar-refractivity contribution in [1.82, 2.24) is 9.59 Å². The third kappa shape index (κ3) is 1.37. The highest BCUT2D eigenvalue weighted by Gasteiger charge is 2.11. The molecule has 2 rings (SSSR count). The van der Waals surface area contributed by atoms with Crippen molar-refractivity contribution in [2.45, 2.75) is 0 Å². The molecule has 0 fully saturated rings. The van der Waals surface area contributed by atoms with Crippen LogP contribution in [0.25, 0.3) is 10.2 Å². The molecule has 1 aromatic carbocycles. The fraction of sp³-hybridized carbons (Fsp3) is 0. The van der Waals surface area contributed by atoms with Gasteiger partial charge in [0.2, 0.25) is 0 Å². The Balaban J connectivity index is 2.95. The minimum absolute atomic E-state index is 0.562. The Morgan fingerprint density at radius 1 is 1.46 bits per heavy atom. The quantitative estimate of drug-likeness (QED) is 0.750. The van der Waals surface area contributed by atoms with E-state index in [0.717, 1.165) is 14.7 Å². The van der Waals surface area contributed by atoms with Gasteiger partial charge in [0, 0.05) is 4.47 Å². The summed E-state index contributed by atoms with van der Waals surface area (Å²) in [5.74, 6) is 0. The predicted molar refractivity (Wildman–Crippen MR) is 57.5 cm³/mol. The predicted octanol–water partition coefficient (Wildman–Crippen LogP) is 3.09. The molecule has 0 saturated heterocycles. The van der Waals surface area contributed by atoms with Crippen molar-refractivity contribution in [2.24, 2.45) is 0 Å². The van der Waals surface area contributed by atoms with Crippen LogP contribution in [0.4, 0.5) is 0 Å². The second-order valence-corrected chi connectivity index (χ2v) is 4.68. The van der Waals surface area contributed by atoms with Gasteiger partial charge in [-0.15, -0.1) is 5.10 Å². The molecule has 0 atom stereocenters. The normalized spacial score (nSPS) is 10.2. The average molecular weight is 319 g/mol. The summed E-state index contributed by atoms with van der Waals surface area (Å²) in [7, 11) is 0. The van der Waals surface area contributed by atoms with E-state index in [-0.39, 0.29) is 0 Å². The molecule has 64 valence electrons. The Kier molecular flexibility index (Phi) is 2.32. The molecule has 1 aromatic heterocycles. The third-order valence-electron chi connectivity index (χ3n) is 1.54. The van der Waals surface area contributed by atoms with Crippen LogP contribution in [0.15, 0.2) is 15.0 Å². The zero-order valence-corrected chi connectivity index (χ0v) is 10.1. The van der Waals surface area contributed by atoms with Crippen molar-refractivity contribution in [2.75, 3.05) is 0 Å². The maximum Gasteiger partial charge on any atom is 0.122 e. The summed E-state index contributed by atoms with van der Waals surface area (Å²) in [5, 5.41) is 12.7. The minimum atomic E-state index is 0.562. The van der Waals surface area contributed by atoms with Crippen molar-refractivity contribution < 1.29 is 0 Å². The molecule has 6 heteroatoms. The molecule has 3 nitrogen and oxygen atoms in total. The summed E-state index contributed by atoms with van der Waals surface area (Å²) in [6.45, 7) is 0. The van der Waals surface area contributed by atoms with Gasteiger partial charge in [0.05, 0.1) is 14.7 Å². The van der Waals surface area contributed by atoms with Crippen LogP contribution in [-0.4, -0.2) is 9.59 Å². The molecular formula is C7HBr2N3S. The van der Waals surface area contributed by atoms with Crippen LogP contribution in [0.1, 0.15) is 5.56 Å². The molecule has 13 heavy (non-hydrogen) atoms. The molecule has 0 unspecified atom stereocenters. The first-order valence-corrected chi connectivity index (χ1v) is 5.60. The van der Waals surface area contributed by atoms with E-state index in [9.17, 15) is 0 Å². The van der Waals surface area contributed by atoms with E-state index in [0.29, 0.717) is 10.0 Å². The third-order valence-corrected chi connectivity index (χ3v) is 3.99. The molecule has 0 aliphatic heterocycles. The Morgan fingerprint density at radius 2 is 2.23 bits per heavy atom.